The van der Waals surface area contributed by atoms with Crippen molar-refractivity contribution in [1.29, 1.82) is 0 Å². The number of rotatable bonds is 18. The number of ether oxygens (including phenoxy) is 4. The highest BCUT2D eigenvalue weighted by Gasteiger charge is 2.18. The third-order valence-corrected chi connectivity index (χ3v) is 6.31. The van der Waals surface area contributed by atoms with Crippen molar-refractivity contribution in [2.24, 2.45) is 0 Å². The second-order valence-electron chi connectivity index (χ2n) is 9.51. The maximum absolute atomic E-state index is 12.9. The van der Waals surface area contributed by atoms with Crippen LogP contribution in [0, 0.1) is 0 Å². The molecule has 1 atom stereocenters. The lowest BCUT2D eigenvalue weighted by Gasteiger charge is -2.18. The van der Waals surface area contributed by atoms with E-state index < -0.39 is 6.10 Å². The van der Waals surface area contributed by atoms with E-state index >= 15 is 0 Å². The van der Waals surface area contributed by atoms with E-state index in [2.05, 4.69) is 20.8 Å². The summed E-state index contributed by atoms with van der Waals surface area (Å²) in [6.07, 6.45) is 5.13. The van der Waals surface area contributed by atoms with Crippen molar-refractivity contribution in [2.75, 3.05) is 26.4 Å². The fraction of sp³-hybridized carbons (Fsp3) is 0.424. The Morgan fingerprint density at radius 1 is 0.667 bits per heavy atom. The van der Waals surface area contributed by atoms with Gasteiger partial charge in [-0.05, 0) is 73.4 Å². The summed E-state index contributed by atoms with van der Waals surface area (Å²) in [4.78, 5) is 12.9. The standard InChI is InChI=1S/C33H42O6/c1-4-7-20-36-27-14-10-25(11-15-27)31(34)24-39-32-23-29(38-22-9-6-3)18-19-30(32)33(35)26-12-16-28(17-13-26)37-21-8-5-2/h10-19,23,33,35H,4-9,20-22,24H2,1-3H3. The molecule has 3 aromatic rings. The van der Waals surface area contributed by atoms with Crippen molar-refractivity contribution < 1.29 is 28.8 Å². The van der Waals surface area contributed by atoms with Gasteiger partial charge < -0.3 is 24.1 Å². The summed E-state index contributed by atoms with van der Waals surface area (Å²) in [5, 5.41) is 11.2. The van der Waals surface area contributed by atoms with Gasteiger partial charge in [0.15, 0.2) is 12.4 Å². The Morgan fingerprint density at radius 3 is 1.69 bits per heavy atom. The summed E-state index contributed by atoms with van der Waals surface area (Å²) in [5.74, 6) is 2.39. The maximum Gasteiger partial charge on any atom is 0.200 e. The molecule has 3 aromatic carbocycles. The lowest BCUT2D eigenvalue weighted by atomic mass is 10.00. The zero-order chi connectivity index (χ0) is 27.9. The van der Waals surface area contributed by atoms with Gasteiger partial charge in [-0.3, -0.25) is 4.79 Å². The normalized spacial score (nSPS) is 11.6. The van der Waals surface area contributed by atoms with Crippen molar-refractivity contribution in [2.45, 2.75) is 65.4 Å². The summed E-state index contributed by atoms with van der Waals surface area (Å²) in [7, 11) is 0. The number of ketones is 1. The summed E-state index contributed by atoms with van der Waals surface area (Å²) in [5.41, 5.74) is 1.80. The number of carbonyl (C=O) groups excluding carboxylic acids is 1. The number of aliphatic hydroxyl groups is 1. The average molecular weight is 535 g/mol. The number of unbranched alkanes of at least 4 members (excludes halogenated alkanes) is 3. The Morgan fingerprint density at radius 2 is 1.15 bits per heavy atom. The molecule has 39 heavy (non-hydrogen) atoms. The molecule has 0 aromatic heterocycles. The molecule has 0 bridgehead atoms. The Labute approximate surface area is 232 Å². The minimum atomic E-state index is -0.941. The van der Waals surface area contributed by atoms with Gasteiger partial charge in [-0.1, -0.05) is 52.2 Å². The molecule has 0 radical (unpaired) electrons. The van der Waals surface area contributed by atoms with Gasteiger partial charge >= 0.3 is 0 Å². The van der Waals surface area contributed by atoms with Crippen molar-refractivity contribution in [3.63, 3.8) is 0 Å². The largest absolute Gasteiger partial charge is 0.494 e. The Balaban J connectivity index is 1.72. The van der Waals surface area contributed by atoms with Crippen LogP contribution in [-0.4, -0.2) is 37.3 Å². The third kappa shape index (κ3) is 9.63. The summed E-state index contributed by atoms with van der Waals surface area (Å²) >= 11 is 0. The first kappa shape index (κ1) is 30.0. The van der Waals surface area contributed by atoms with Crippen LogP contribution < -0.4 is 18.9 Å². The molecule has 3 rings (SSSR count). The quantitative estimate of drug-likeness (QED) is 0.134. The molecule has 0 heterocycles. The number of aliphatic hydroxyl groups excluding tert-OH is 1. The van der Waals surface area contributed by atoms with Crippen LogP contribution in [0.15, 0.2) is 66.7 Å². The van der Waals surface area contributed by atoms with E-state index in [0.29, 0.717) is 48.0 Å². The van der Waals surface area contributed by atoms with Gasteiger partial charge in [-0.15, -0.1) is 0 Å². The SMILES string of the molecule is CCCCOc1ccc(C(=O)COc2cc(OCCCC)ccc2C(O)c2ccc(OCCCC)cc2)cc1. The first-order chi connectivity index (χ1) is 19.0. The van der Waals surface area contributed by atoms with Gasteiger partial charge in [0.1, 0.15) is 29.1 Å². The highest BCUT2D eigenvalue weighted by atomic mass is 16.5. The van der Waals surface area contributed by atoms with Gasteiger partial charge in [0.2, 0.25) is 0 Å². The Bertz CT molecular complexity index is 1120. The van der Waals surface area contributed by atoms with Crippen LogP contribution in [0.3, 0.4) is 0 Å². The van der Waals surface area contributed by atoms with E-state index in [0.717, 1.165) is 50.0 Å². The number of hydrogen-bond acceptors (Lipinski definition) is 6. The maximum atomic E-state index is 12.9. The smallest absolute Gasteiger partial charge is 0.200 e. The molecule has 6 heteroatoms. The molecule has 0 aliphatic carbocycles. The van der Waals surface area contributed by atoms with Crippen molar-refractivity contribution in [1.82, 2.24) is 0 Å². The van der Waals surface area contributed by atoms with Gasteiger partial charge in [0.25, 0.3) is 0 Å². The molecule has 0 amide bonds. The first-order valence-corrected chi connectivity index (χ1v) is 14.1. The average Bonchev–Trinajstić information content (AvgIpc) is 2.97. The molecule has 0 fully saturated rings. The highest BCUT2D eigenvalue weighted by Crippen LogP contribution is 2.34. The minimum absolute atomic E-state index is 0.165. The molecule has 1 N–H and O–H groups in total. The molecule has 0 saturated carbocycles. The second-order valence-corrected chi connectivity index (χ2v) is 9.51. The van der Waals surface area contributed by atoms with Gasteiger partial charge in [-0.25, -0.2) is 0 Å². The fourth-order valence-corrected chi connectivity index (χ4v) is 3.85. The number of Topliss-reactive ketones (excluding diaryl/α,β-unsaturated/α-hetero) is 1. The predicted octanol–water partition coefficient (Wildman–Crippen LogP) is 7.57. The lowest BCUT2D eigenvalue weighted by Crippen LogP contribution is -2.13. The number of benzene rings is 3. The highest BCUT2D eigenvalue weighted by molar-refractivity contribution is 5.97. The fourth-order valence-electron chi connectivity index (χ4n) is 3.85. The van der Waals surface area contributed by atoms with Crippen LogP contribution in [0.1, 0.15) is 86.9 Å². The van der Waals surface area contributed by atoms with Crippen LogP contribution in [0.25, 0.3) is 0 Å². The molecule has 0 saturated heterocycles. The minimum Gasteiger partial charge on any atom is -0.494 e. The summed E-state index contributed by atoms with van der Waals surface area (Å²) in [6.45, 7) is 8.08. The molecule has 0 aliphatic heterocycles. The van der Waals surface area contributed by atoms with Gasteiger partial charge in [0, 0.05) is 17.2 Å². The van der Waals surface area contributed by atoms with Crippen molar-refractivity contribution >= 4 is 5.78 Å². The van der Waals surface area contributed by atoms with E-state index in [1.165, 1.54) is 0 Å². The molecular weight excluding hydrogens is 492 g/mol. The van der Waals surface area contributed by atoms with Crippen molar-refractivity contribution in [3.05, 3.63) is 83.4 Å². The van der Waals surface area contributed by atoms with Crippen molar-refractivity contribution in [3.8, 4) is 23.0 Å². The lowest BCUT2D eigenvalue weighted by molar-refractivity contribution is 0.0917. The number of carbonyl (C=O) groups is 1. The predicted molar refractivity (Wildman–Crippen MR) is 154 cm³/mol. The zero-order valence-corrected chi connectivity index (χ0v) is 23.5. The monoisotopic (exact) mass is 534 g/mol. The van der Waals surface area contributed by atoms with Gasteiger partial charge in [-0.2, -0.15) is 0 Å². The molecule has 0 spiro atoms. The first-order valence-electron chi connectivity index (χ1n) is 14.1. The van der Waals surface area contributed by atoms with Crippen LogP contribution in [0.2, 0.25) is 0 Å². The summed E-state index contributed by atoms with van der Waals surface area (Å²) in [6, 6.07) is 19.9. The summed E-state index contributed by atoms with van der Waals surface area (Å²) < 4.78 is 23.3. The van der Waals surface area contributed by atoms with E-state index in [9.17, 15) is 9.90 Å². The van der Waals surface area contributed by atoms with E-state index in [4.69, 9.17) is 18.9 Å². The van der Waals surface area contributed by atoms with Crippen LogP contribution >= 0.6 is 0 Å². The second kappa shape index (κ2) is 16.5. The molecule has 210 valence electrons. The molecule has 6 nitrogen and oxygen atoms in total. The van der Waals surface area contributed by atoms with Crippen LogP contribution in [0.5, 0.6) is 23.0 Å². The van der Waals surface area contributed by atoms with Gasteiger partial charge in [0.05, 0.1) is 19.8 Å². The van der Waals surface area contributed by atoms with E-state index in [1.54, 1.807) is 36.4 Å². The third-order valence-electron chi connectivity index (χ3n) is 6.31. The topological polar surface area (TPSA) is 74.2 Å². The van der Waals surface area contributed by atoms with Crippen LogP contribution in [0.4, 0.5) is 0 Å². The number of hydrogen-bond donors (Lipinski definition) is 1. The molecular formula is C33H42O6. The molecule has 0 aliphatic rings. The van der Waals surface area contributed by atoms with E-state index in [1.807, 2.05) is 30.3 Å². The van der Waals surface area contributed by atoms with E-state index in [-0.39, 0.29) is 12.4 Å². The molecule has 1 unspecified atom stereocenters. The Kier molecular flexibility index (Phi) is 12.7. The Hall–Kier alpha value is -3.51. The zero-order valence-electron chi connectivity index (χ0n) is 23.5. The van der Waals surface area contributed by atoms with Crippen LogP contribution in [-0.2, 0) is 0 Å².